The van der Waals surface area contributed by atoms with Crippen LogP contribution in [0.4, 0.5) is 16.2 Å². The van der Waals surface area contributed by atoms with Crippen LogP contribution in [0.3, 0.4) is 0 Å². The van der Waals surface area contributed by atoms with Crippen molar-refractivity contribution in [1.82, 2.24) is 9.78 Å². The van der Waals surface area contributed by atoms with Crippen LogP contribution in [0.2, 0.25) is 5.02 Å². The zero-order valence-corrected chi connectivity index (χ0v) is 11.9. The van der Waals surface area contributed by atoms with Gasteiger partial charge in [0.1, 0.15) is 0 Å². The van der Waals surface area contributed by atoms with E-state index in [4.69, 9.17) is 16.7 Å². The summed E-state index contributed by atoms with van der Waals surface area (Å²) in [4.78, 5) is 22.6. The number of aromatic nitrogens is 2. The van der Waals surface area contributed by atoms with Gasteiger partial charge >= 0.3 is 12.0 Å². The molecule has 2 rings (SSSR count). The summed E-state index contributed by atoms with van der Waals surface area (Å²) in [6, 6.07) is 3.57. The number of nitrogens with one attached hydrogen (secondary N) is 2. The highest BCUT2D eigenvalue weighted by atomic mass is 35.5. The monoisotopic (exact) mass is 308 g/mol. The molecule has 110 valence electrons. The number of aryl methyl sites for hydroxylation is 1. The van der Waals surface area contributed by atoms with Crippen LogP contribution in [0.5, 0.6) is 0 Å². The Kier molecular flexibility index (Phi) is 4.44. The highest BCUT2D eigenvalue weighted by Gasteiger charge is 2.10. The van der Waals surface area contributed by atoms with Gasteiger partial charge in [-0.2, -0.15) is 5.10 Å². The van der Waals surface area contributed by atoms with Crippen LogP contribution in [-0.4, -0.2) is 26.9 Å². The van der Waals surface area contributed by atoms with Crippen molar-refractivity contribution in [1.29, 1.82) is 0 Å². The molecule has 0 saturated heterocycles. The van der Waals surface area contributed by atoms with E-state index in [-0.39, 0.29) is 10.6 Å². The van der Waals surface area contributed by atoms with Gasteiger partial charge in [-0.15, -0.1) is 0 Å². The van der Waals surface area contributed by atoms with Crippen molar-refractivity contribution >= 4 is 35.0 Å². The lowest BCUT2D eigenvalue weighted by Gasteiger charge is -2.08. The summed E-state index contributed by atoms with van der Waals surface area (Å²) in [5.41, 5.74) is 0.921. The highest BCUT2D eigenvalue weighted by molar-refractivity contribution is 6.34. The number of carbonyl (C=O) groups is 2. The van der Waals surface area contributed by atoms with Crippen molar-refractivity contribution in [3.63, 3.8) is 0 Å². The van der Waals surface area contributed by atoms with E-state index < -0.39 is 12.0 Å². The molecule has 0 aliphatic heterocycles. The molecule has 0 aliphatic rings. The van der Waals surface area contributed by atoms with E-state index in [0.29, 0.717) is 17.9 Å². The Morgan fingerprint density at radius 1 is 1.38 bits per heavy atom. The van der Waals surface area contributed by atoms with Crippen molar-refractivity contribution < 1.29 is 14.7 Å². The molecule has 0 radical (unpaired) electrons. The molecule has 21 heavy (non-hydrogen) atoms. The molecule has 1 aromatic carbocycles. The Bertz CT molecular complexity index is 684. The third kappa shape index (κ3) is 3.73. The number of carboxylic acid groups (broad SMARTS) is 1. The van der Waals surface area contributed by atoms with Gasteiger partial charge in [-0.1, -0.05) is 11.6 Å². The summed E-state index contributed by atoms with van der Waals surface area (Å²) in [5, 5.41) is 18.2. The fourth-order valence-electron chi connectivity index (χ4n) is 1.64. The second kappa shape index (κ2) is 6.27. The largest absolute Gasteiger partial charge is 0.478 e. The number of halogens is 1. The number of carbonyl (C=O) groups excluding carboxylic acids is 1. The maximum absolute atomic E-state index is 11.8. The number of nitrogens with zero attached hydrogens (tertiary/aromatic N) is 2. The minimum atomic E-state index is -1.08. The summed E-state index contributed by atoms with van der Waals surface area (Å²) in [5.74, 6) is -1.08. The van der Waals surface area contributed by atoms with Gasteiger partial charge in [0.25, 0.3) is 0 Å². The second-order valence-corrected chi connectivity index (χ2v) is 4.57. The van der Waals surface area contributed by atoms with E-state index >= 15 is 0 Å². The number of carboxylic acids is 1. The average molecular weight is 309 g/mol. The summed E-state index contributed by atoms with van der Waals surface area (Å²) in [7, 11) is 0. The topological polar surface area (TPSA) is 96.2 Å². The molecule has 0 unspecified atom stereocenters. The van der Waals surface area contributed by atoms with Crippen LogP contribution >= 0.6 is 11.6 Å². The van der Waals surface area contributed by atoms with Crippen LogP contribution in [0.1, 0.15) is 17.3 Å². The van der Waals surface area contributed by atoms with Crippen molar-refractivity contribution in [3.8, 4) is 0 Å². The number of hydrogen-bond acceptors (Lipinski definition) is 3. The van der Waals surface area contributed by atoms with Crippen LogP contribution in [0.25, 0.3) is 0 Å². The van der Waals surface area contributed by atoms with Gasteiger partial charge in [-0.3, -0.25) is 4.68 Å². The Labute approximate surface area is 125 Å². The molecule has 0 aliphatic carbocycles. The Balaban J connectivity index is 2.04. The molecule has 8 heteroatoms. The van der Waals surface area contributed by atoms with Crippen LogP contribution in [0.15, 0.2) is 30.6 Å². The number of benzene rings is 1. The smallest absolute Gasteiger partial charge is 0.335 e. The lowest BCUT2D eigenvalue weighted by atomic mass is 10.2. The van der Waals surface area contributed by atoms with Gasteiger partial charge in [0, 0.05) is 12.7 Å². The molecule has 0 atom stereocenters. The molecule has 3 N–H and O–H groups in total. The first kappa shape index (κ1) is 14.9. The lowest BCUT2D eigenvalue weighted by molar-refractivity contribution is 0.0697. The van der Waals surface area contributed by atoms with Crippen molar-refractivity contribution in [3.05, 3.63) is 41.2 Å². The molecule has 1 heterocycles. The first-order valence-corrected chi connectivity index (χ1v) is 6.50. The molecule has 2 aromatic rings. The van der Waals surface area contributed by atoms with E-state index in [0.717, 1.165) is 0 Å². The first-order chi connectivity index (χ1) is 9.99. The fourth-order valence-corrected chi connectivity index (χ4v) is 1.86. The molecule has 0 spiro atoms. The number of hydrogen-bond donors (Lipinski definition) is 3. The molecular formula is C13H13ClN4O3. The third-order valence-corrected chi connectivity index (χ3v) is 2.99. The van der Waals surface area contributed by atoms with Crippen LogP contribution in [0, 0.1) is 0 Å². The normalized spacial score (nSPS) is 10.2. The molecule has 2 amide bonds. The molecular weight excluding hydrogens is 296 g/mol. The Morgan fingerprint density at radius 2 is 2.14 bits per heavy atom. The Morgan fingerprint density at radius 3 is 2.71 bits per heavy atom. The summed E-state index contributed by atoms with van der Waals surface area (Å²) >= 11 is 5.92. The predicted molar refractivity (Wildman–Crippen MR) is 79.0 cm³/mol. The highest BCUT2D eigenvalue weighted by Crippen LogP contribution is 2.23. The van der Waals surface area contributed by atoms with Gasteiger partial charge in [0.15, 0.2) is 0 Å². The third-order valence-electron chi connectivity index (χ3n) is 2.68. The van der Waals surface area contributed by atoms with E-state index in [1.165, 1.54) is 24.4 Å². The van der Waals surface area contributed by atoms with E-state index in [1.54, 1.807) is 10.9 Å². The zero-order valence-electron chi connectivity index (χ0n) is 11.1. The molecule has 1 aromatic heterocycles. The number of amides is 2. The van der Waals surface area contributed by atoms with Gasteiger partial charge in [-0.05, 0) is 25.1 Å². The van der Waals surface area contributed by atoms with Crippen molar-refractivity contribution in [2.75, 3.05) is 10.6 Å². The maximum Gasteiger partial charge on any atom is 0.335 e. The maximum atomic E-state index is 11.8. The van der Waals surface area contributed by atoms with Crippen molar-refractivity contribution in [2.45, 2.75) is 13.5 Å². The SMILES string of the molecule is CCn1cc(NC(=O)Nc2ccc(C(=O)O)cc2Cl)cn1. The van der Waals surface area contributed by atoms with Crippen LogP contribution in [-0.2, 0) is 6.54 Å². The lowest BCUT2D eigenvalue weighted by Crippen LogP contribution is -2.19. The number of anilines is 2. The van der Waals surface area contributed by atoms with Crippen molar-refractivity contribution in [2.24, 2.45) is 0 Å². The quantitative estimate of drug-likeness (QED) is 0.809. The zero-order chi connectivity index (χ0) is 15.4. The summed E-state index contributed by atoms with van der Waals surface area (Å²) in [6.07, 6.45) is 3.22. The van der Waals surface area contributed by atoms with Gasteiger partial charge < -0.3 is 15.7 Å². The van der Waals surface area contributed by atoms with Gasteiger partial charge in [0.2, 0.25) is 0 Å². The standard InChI is InChI=1S/C13H13ClN4O3/c1-2-18-7-9(6-15-18)16-13(21)17-11-4-3-8(12(19)20)5-10(11)14/h3-7H,2H2,1H3,(H,19,20)(H2,16,17,21). The summed E-state index contributed by atoms with van der Waals surface area (Å²) < 4.78 is 1.67. The van der Waals surface area contributed by atoms with E-state index in [9.17, 15) is 9.59 Å². The van der Waals surface area contributed by atoms with Crippen LogP contribution < -0.4 is 10.6 Å². The first-order valence-electron chi connectivity index (χ1n) is 6.13. The average Bonchev–Trinajstić information content (AvgIpc) is 2.88. The summed E-state index contributed by atoms with van der Waals surface area (Å²) in [6.45, 7) is 2.63. The minimum absolute atomic E-state index is 0.0511. The molecule has 0 fully saturated rings. The number of urea groups is 1. The number of rotatable bonds is 4. The predicted octanol–water partition coefficient (Wildman–Crippen LogP) is 2.90. The number of aromatic carboxylic acids is 1. The second-order valence-electron chi connectivity index (χ2n) is 4.16. The van der Waals surface area contributed by atoms with E-state index in [1.807, 2.05) is 6.92 Å². The minimum Gasteiger partial charge on any atom is -0.478 e. The van der Waals surface area contributed by atoms with Gasteiger partial charge in [0.05, 0.1) is 28.2 Å². The molecule has 7 nitrogen and oxygen atoms in total. The molecule has 0 bridgehead atoms. The van der Waals surface area contributed by atoms with E-state index in [2.05, 4.69) is 15.7 Å². The van der Waals surface area contributed by atoms with Gasteiger partial charge in [-0.25, -0.2) is 9.59 Å². The fraction of sp³-hybridized carbons (Fsp3) is 0.154. The Hall–Kier alpha value is -2.54. The molecule has 0 saturated carbocycles.